The Labute approximate surface area is 167 Å². The van der Waals surface area contributed by atoms with E-state index in [9.17, 15) is 0 Å². The molecule has 1 aliphatic rings. The first kappa shape index (κ1) is 18.4. The predicted molar refractivity (Wildman–Crippen MR) is 109 cm³/mol. The minimum Gasteiger partial charge on any atom is -0.496 e. The molecule has 0 fully saturated rings. The Bertz CT molecular complexity index is 1050. The predicted octanol–water partition coefficient (Wildman–Crippen LogP) is 3.72. The second-order valence-electron chi connectivity index (χ2n) is 6.13. The molecule has 4 rings (SSSR count). The van der Waals surface area contributed by atoms with Crippen molar-refractivity contribution in [2.24, 2.45) is 5.10 Å². The van der Waals surface area contributed by atoms with Crippen molar-refractivity contribution in [3.05, 3.63) is 48.0 Å². The summed E-state index contributed by atoms with van der Waals surface area (Å²) in [7, 11) is 4.88. The Kier molecular flexibility index (Phi) is 4.95. The van der Waals surface area contributed by atoms with Crippen LogP contribution in [0.15, 0.2) is 52.7 Å². The van der Waals surface area contributed by atoms with Gasteiger partial charge >= 0.3 is 0 Å². The number of methoxy groups -OCH3 is 3. The normalized spacial score (nSPS) is 15.6. The van der Waals surface area contributed by atoms with Crippen LogP contribution in [-0.2, 0) is 0 Å². The van der Waals surface area contributed by atoms with Crippen LogP contribution in [0.2, 0.25) is 0 Å². The first-order valence-corrected chi connectivity index (χ1v) is 9.61. The smallest absolute Gasteiger partial charge is 0.213 e. The van der Waals surface area contributed by atoms with Gasteiger partial charge in [0.15, 0.2) is 17.3 Å². The van der Waals surface area contributed by atoms with Gasteiger partial charge in [0, 0.05) is 11.1 Å². The first-order valence-electron chi connectivity index (χ1n) is 8.73. The van der Waals surface area contributed by atoms with Gasteiger partial charge in [-0.3, -0.25) is 0 Å². The molecular formula is C20H20N4O3S. The lowest BCUT2D eigenvalue weighted by molar-refractivity contribution is 0.355. The number of hydrogen-bond acceptors (Lipinski definition) is 7. The van der Waals surface area contributed by atoms with Gasteiger partial charge in [-0.1, -0.05) is 23.9 Å². The number of rotatable bonds is 5. The lowest BCUT2D eigenvalue weighted by Crippen LogP contribution is -2.22. The van der Waals surface area contributed by atoms with Crippen molar-refractivity contribution in [2.45, 2.75) is 17.3 Å². The number of hydrogen-bond donors (Lipinski definition) is 0. The Morgan fingerprint density at radius 3 is 2.39 bits per heavy atom. The molecule has 3 aromatic rings. The first-order chi connectivity index (χ1) is 13.7. The van der Waals surface area contributed by atoms with Crippen molar-refractivity contribution in [2.75, 3.05) is 21.3 Å². The largest absolute Gasteiger partial charge is 0.496 e. The molecule has 0 saturated carbocycles. The Morgan fingerprint density at radius 2 is 1.64 bits per heavy atom. The fourth-order valence-electron chi connectivity index (χ4n) is 3.12. The number of thioether (sulfide) groups is 1. The zero-order chi connectivity index (χ0) is 19.7. The fourth-order valence-corrected chi connectivity index (χ4v) is 4.03. The highest BCUT2D eigenvalue weighted by Gasteiger charge is 2.28. The number of fused-ring (bicyclic) bond motifs is 1. The van der Waals surface area contributed by atoms with Gasteiger partial charge in [0.2, 0.25) is 5.16 Å². The van der Waals surface area contributed by atoms with Gasteiger partial charge in [-0.05, 0) is 37.3 Å². The third-order valence-corrected chi connectivity index (χ3v) is 5.55. The SMILES string of the molecule is COc1ccc(-c2nnc3n2N=C(c2ccccc2OC)[C@H](C)S3)cc1OC. The Balaban J connectivity index is 1.83. The summed E-state index contributed by atoms with van der Waals surface area (Å²) < 4.78 is 18.0. The van der Waals surface area contributed by atoms with E-state index in [1.165, 1.54) is 0 Å². The molecule has 1 aromatic heterocycles. The van der Waals surface area contributed by atoms with Crippen molar-refractivity contribution in [3.8, 4) is 28.6 Å². The van der Waals surface area contributed by atoms with Crippen LogP contribution in [0.4, 0.5) is 0 Å². The molecule has 28 heavy (non-hydrogen) atoms. The molecule has 0 spiro atoms. The van der Waals surface area contributed by atoms with Gasteiger partial charge in [0.25, 0.3) is 0 Å². The molecule has 2 aromatic carbocycles. The molecule has 8 heteroatoms. The van der Waals surface area contributed by atoms with Crippen LogP contribution in [0.25, 0.3) is 11.4 Å². The maximum Gasteiger partial charge on any atom is 0.213 e. The van der Waals surface area contributed by atoms with Crippen molar-refractivity contribution in [3.63, 3.8) is 0 Å². The summed E-state index contributed by atoms with van der Waals surface area (Å²) in [5.41, 5.74) is 2.72. The quantitative estimate of drug-likeness (QED) is 0.655. The van der Waals surface area contributed by atoms with E-state index in [1.807, 2.05) is 42.5 Å². The lowest BCUT2D eigenvalue weighted by atomic mass is 10.1. The summed E-state index contributed by atoms with van der Waals surface area (Å²) in [6.45, 7) is 2.10. The van der Waals surface area contributed by atoms with Crippen LogP contribution in [-0.4, -0.2) is 47.2 Å². The highest BCUT2D eigenvalue weighted by molar-refractivity contribution is 8.00. The monoisotopic (exact) mass is 396 g/mol. The zero-order valence-electron chi connectivity index (χ0n) is 16.0. The van der Waals surface area contributed by atoms with E-state index in [-0.39, 0.29) is 5.25 Å². The highest BCUT2D eigenvalue weighted by atomic mass is 32.2. The molecule has 1 aliphatic heterocycles. The van der Waals surface area contributed by atoms with E-state index in [2.05, 4.69) is 17.1 Å². The number of nitrogens with zero attached hydrogens (tertiary/aromatic N) is 4. The van der Waals surface area contributed by atoms with Gasteiger partial charge in [-0.25, -0.2) is 0 Å². The van der Waals surface area contributed by atoms with Crippen LogP contribution < -0.4 is 14.2 Å². The van der Waals surface area contributed by atoms with E-state index in [0.29, 0.717) is 17.3 Å². The summed E-state index contributed by atoms with van der Waals surface area (Å²) in [5, 5.41) is 14.4. The van der Waals surface area contributed by atoms with E-state index in [4.69, 9.17) is 19.3 Å². The molecule has 144 valence electrons. The van der Waals surface area contributed by atoms with Crippen LogP contribution in [0.1, 0.15) is 12.5 Å². The van der Waals surface area contributed by atoms with Crippen LogP contribution in [0.3, 0.4) is 0 Å². The van der Waals surface area contributed by atoms with E-state index in [1.54, 1.807) is 37.8 Å². The second kappa shape index (κ2) is 7.55. The molecule has 0 unspecified atom stereocenters. The zero-order valence-corrected chi connectivity index (χ0v) is 16.9. The Hall–Kier alpha value is -3.00. The Morgan fingerprint density at radius 1 is 0.893 bits per heavy atom. The molecule has 0 aliphatic carbocycles. The van der Waals surface area contributed by atoms with Gasteiger partial charge in [-0.15, -0.1) is 10.2 Å². The maximum absolute atomic E-state index is 5.53. The van der Waals surface area contributed by atoms with E-state index < -0.39 is 0 Å². The number of para-hydroxylation sites is 1. The summed E-state index contributed by atoms with van der Waals surface area (Å²) in [4.78, 5) is 0. The number of benzene rings is 2. The minimum absolute atomic E-state index is 0.117. The van der Waals surface area contributed by atoms with Gasteiger partial charge in [0.1, 0.15) is 5.75 Å². The lowest BCUT2D eigenvalue weighted by Gasteiger charge is -2.21. The van der Waals surface area contributed by atoms with Crippen LogP contribution >= 0.6 is 11.8 Å². The number of aromatic nitrogens is 3. The highest BCUT2D eigenvalue weighted by Crippen LogP contribution is 2.36. The summed E-state index contributed by atoms with van der Waals surface area (Å²) in [6.07, 6.45) is 0. The standard InChI is InChI=1S/C20H20N4O3S/c1-12-18(14-7-5-6-8-15(14)25-2)23-24-19(21-22-20(24)28-12)13-9-10-16(26-3)17(11-13)27-4/h5-12H,1-4H3/t12-/m0/s1. The van der Waals surface area contributed by atoms with Gasteiger partial charge in [-0.2, -0.15) is 9.78 Å². The van der Waals surface area contributed by atoms with Crippen molar-refractivity contribution in [1.29, 1.82) is 0 Å². The van der Waals surface area contributed by atoms with Crippen molar-refractivity contribution in [1.82, 2.24) is 14.9 Å². The van der Waals surface area contributed by atoms with Crippen molar-refractivity contribution >= 4 is 17.5 Å². The molecule has 0 N–H and O–H groups in total. The molecule has 0 bridgehead atoms. The van der Waals surface area contributed by atoms with Crippen LogP contribution in [0.5, 0.6) is 17.2 Å². The van der Waals surface area contributed by atoms with Crippen LogP contribution in [0, 0.1) is 0 Å². The van der Waals surface area contributed by atoms with Crippen molar-refractivity contribution < 1.29 is 14.2 Å². The summed E-state index contributed by atoms with van der Waals surface area (Å²) >= 11 is 1.61. The third kappa shape index (κ3) is 3.09. The second-order valence-corrected chi connectivity index (χ2v) is 7.44. The van der Waals surface area contributed by atoms with E-state index in [0.717, 1.165) is 27.7 Å². The molecule has 0 amide bonds. The minimum atomic E-state index is 0.117. The molecule has 0 radical (unpaired) electrons. The summed E-state index contributed by atoms with van der Waals surface area (Å²) in [6, 6.07) is 13.5. The average molecular weight is 396 g/mol. The fraction of sp³-hybridized carbons (Fsp3) is 0.250. The third-order valence-electron chi connectivity index (χ3n) is 4.51. The summed E-state index contributed by atoms with van der Waals surface area (Å²) in [5.74, 6) is 2.72. The maximum atomic E-state index is 5.53. The molecule has 1 atom stereocenters. The number of ether oxygens (including phenoxy) is 3. The molecule has 0 saturated heterocycles. The molecule has 7 nitrogen and oxygen atoms in total. The van der Waals surface area contributed by atoms with E-state index >= 15 is 0 Å². The van der Waals surface area contributed by atoms with Gasteiger partial charge < -0.3 is 14.2 Å². The molecular weight excluding hydrogens is 376 g/mol. The van der Waals surface area contributed by atoms with Gasteiger partial charge in [0.05, 0.1) is 32.3 Å². The average Bonchev–Trinajstić information content (AvgIpc) is 3.15. The molecule has 2 heterocycles. The topological polar surface area (TPSA) is 70.8 Å².